The summed E-state index contributed by atoms with van der Waals surface area (Å²) in [5, 5.41) is 6.85. The van der Waals surface area contributed by atoms with Gasteiger partial charge in [-0.05, 0) is 37.0 Å². The quantitative estimate of drug-likeness (QED) is 0.461. The number of rotatable bonds is 4. The molecule has 0 aliphatic heterocycles. The van der Waals surface area contributed by atoms with Gasteiger partial charge in [-0.2, -0.15) is 0 Å². The Hall–Kier alpha value is -0.980. The van der Waals surface area contributed by atoms with Crippen LogP contribution >= 0.6 is 24.0 Å². The molecule has 0 atom stereocenters. The molecule has 0 radical (unpaired) electrons. The number of benzene rings is 1. The van der Waals surface area contributed by atoms with Crippen molar-refractivity contribution in [1.29, 1.82) is 0 Å². The lowest BCUT2D eigenvalue weighted by Crippen LogP contribution is -2.41. The first-order valence-corrected chi connectivity index (χ1v) is 7.33. The highest BCUT2D eigenvalue weighted by Gasteiger charge is 2.15. The Morgan fingerprint density at radius 1 is 1.33 bits per heavy atom. The lowest BCUT2D eigenvalue weighted by Gasteiger charge is -2.17. The zero-order valence-electron chi connectivity index (χ0n) is 13.1. The van der Waals surface area contributed by atoms with Crippen LogP contribution < -0.4 is 15.4 Å². The van der Waals surface area contributed by atoms with Gasteiger partial charge in [-0.15, -0.1) is 24.0 Å². The van der Waals surface area contributed by atoms with Gasteiger partial charge in [-0.3, -0.25) is 4.99 Å². The number of halogens is 1. The number of methoxy groups -OCH3 is 1. The Morgan fingerprint density at radius 3 is 2.67 bits per heavy atom. The number of nitrogens with zero attached hydrogens (tertiary/aromatic N) is 1. The van der Waals surface area contributed by atoms with E-state index in [0.717, 1.165) is 23.8 Å². The molecule has 0 unspecified atom stereocenters. The van der Waals surface area contributed by atoms with E-state index in [1.165, 1.54) is 31.2 Å². The summed E-state index contributed by atoms with van der Waals surface area (Å²) in [4.78, 5) is 4.29. The highest BCUT2D eigenvalue weighted by atomic mass is 127. The van der Waals surface area contributed by atoms with Crippen molar-refractivity contribution in [2.24, 2.45) is 4.99 Å². The van der Waals surface area contributed by atoms with Gasteiger partial charge >= 0.3 is 0 Å². The molecule has 0 saturated heterocycles. The van der Waals surface area contributed by atoms with Crippen LogP contribution in [0.2, 0.25) is 0 Å². The molecule has 4 nitrogen and oxygen atoms in total. The lowest BCUT2D eigenvalue weighted by atomic mass is 10.1. The fourth-order valence-electron chi connectivity index (χ4n) is 2.62. The minimum atomic E-state index is 0. The van der Waals surface area contributed by atoms with Gasteiger partial charge in [0.1, 0.15) is 5.75 Å². The van der Waals surface area contributed by atoms with Gasteiger partial charge in [0.25, 0.3) is 0 Å². The standard InChI is InChI=1S/C16H25N3O.HI/c1-12-8-9-13(10-15(12)20-3)11-18-16(17-2)19-14-6-4-5-7-14;/h8-10,14H,4-7,11H2,1-3H3,(H2,17,18,19);1H. The van der Waals surface area contributed by atoms with E-state index in [2.05, 4.69) is 40.7 Å². The average molecular weight is 403 g/mol. The first kappa shape index (κ1) is 18.1. The second-order valence-corrected chi connectivity index (χ2v) is 5.36. The molecule has 1 aliphatic rings. The predicted molar refractivity (Wildman–Crippen MR) is 98.7 cm³/mol. The molecule has 118 valence electrons. The number of hydrogen-bond acceptors (Lipinski definition) is 2. The van der Waals surface area contributed by atoms with E-state index >= 15 is 0 Å². The smallest absolute Gasteiger partial charge is 0.191 e. The summed E-state index contributed by atoms with van der Waals surface area (Å²) < 4.78 is 5.35. The molecule has 5 heteroatoms. The lowest BCUT2D eigenvalue weighted by molar-refractivity contribution is 0.411. The molecule has 0 amide bonds. The highest BCUT2D eigenvalue weighted by Crippen LogP contribution is 2.19. The van der Waals surface area contributed by atoms with E-state index in [9.17, 15) is 0 Å². The van der Waals surface area contributed by atoms with Crippen LogP contribution in [0.3, 0.4) is 0 Å². The third-order valence-electron chi connectivity index (χ3n) is 3.85. The summed E-state index contributed by atoms with van der Waals surface area (Å²) in [6.45, 7) is 2.81. The third kappa shape index (κ3) is 5.37. The molecule has 1 aromatic rings. The maximum absolute atomic E-state index is 5.35. The van der Waals surface area contributed by atoms with Gasteiger partial charge in [0.15, 0.2) is 5.96 Å². The summed E-state index contributed by atoms with van der Waals surface area (Å²) >= 11 is 0. The van der Waals surface area contributed by atoms with Gasteiger partial charge in [0, 0.05) is 19.6 Å². The van der Waals surface area contributed by atoms with Gasteiger partial charge in [0.05, 0.1) is 7.11 Å². The summed E-state index contributed by atoms with van der Waals surface area (Å²) in [5.41, 5.74) is 2.35. The molecule has 1 aliphatic carbocycles. The van der Waals surface area contributed by atoms with E-state index in [1.54, 1.807) is 7.11 Å². The molecule has 0 spiro atoms. The first-order valence-electron chi connectivity index (χ1n) is 7.33. The molecular weight excluding hydrogens is 377 g/mol. The van der Waals surface area contributed by atoms with Crippen LogP contribution in [0.4, 0.5) is 0 Å². The third-order valence-corrected chi connectivity index (χ3v) is 3.85. The normalized spacial score (nSPS) is 15.5. The second-order valence-electron chi connectivity index (χ2n) is 5.36. The number of ether oxygens (including phenoxy) is 1. The van der Waals surface area contributed by atoms with Crippen LogP contribution in [0.1, 0.15) is 36.8 Å². The van der Waals surface area contributed by atoms with E-state index in [1.807, 2.05) is 7.05 Å². The topological polar surface area (TPSA) is 45.7 Å². The Kier molecular flexibility index (Phi) is 7.85. The predicted octanol–water partition coefficient (Wildman–Crippen LogP) is 3.23. The molecule has 1 saturated carbocycles. The van der Waals surface area contributed by atoms with Crippen LogP contribution in [-0.2, 0) is 6.54 Å². The summed E-state index contributed by atoms with van der Waals surface area (Å²) in [5.74, 6) is 1.82. The number of aryl methyl sites for hydroxylation is 1. The zero-order chi connectivity index (χ0) is 14.4. The minimum absolute atomic E-state index is 0. The number of nitrogens with one attached hydrogen (secondary N) is 2. The van der Waals surface area contributed by atoms with Crippen LogP contribution in [0.5, 0.6) is 5.75 Å². The van der Waals surface area contributed by atoms with Gasteiger partial charge in [0.2, 0.25) is 0 Å². The van der Waals surface area contributed by atoms with Crippen molar-refractivity contribution in [2.45, 2.75) is 45.2 Å². The van der Waals surface area contributed by atoms with Crippen molar-refractivity contribution < 1.29 is 4.74 Å². The zero-order valence-corrected chi connectivity index (χ0v) is 15.4. The molecule has 2 rings (SSSR count). The Labute approximate surface area is 144 Å². The molecule has 1 aromatic carbocycles. The van der Waals surface area contributed by atoms with E-state index in [4.69, 9.17) is 4.74 Å². The summed E-state index contributed by atoms with van der Waals surface area (Å²) in [6.07, 6.45) is 5.14. The van der Waals surface area contributed by atoms with Crippen LogP contribution in [0.25, 0.3) is 0 Å². The average Bonchev–Trinajstić information content (AvgIpc) is 2.97. The maximum atomic E-state index is 5.35. The van der Waals surface area contributed by atoms with E-state index < -0.39 is 0 Å². The summed E-state index contributed by atoms with van der Waals surface area (Å²) in [6, 6.07) is 6.86. The number of guanidine groups is 1. The fourth-order valence-corrected chi connectivity index (χ4v) is 2.62. The number of hydrogen-bond donors (Lipinski definition) is 2. The molecule has 0 bridgehead atoms. The van der Waals surface area contributed by atoms with Gasteiger partial charge in [-0.25, -0.2) is 0 Å². The Balaban J connectivity index is 0.00000220. The van der Waals surface area contributed by atoms with Crippen molar-refractivity contribution in [2.75, 3.05) is 14.2 Å². The van der Waals surface area contributed by atoms with Gasteiger partial charge < -0.3 is 15.4 Å². The van der Waals surface area contributed by atoms with Crippen LogP contribution in [0.15, 0.2) is 23.2 Å². The maximum Gasteiger partial charge on any atom is 0.191 e. The molecule has 21 heavy (non-hydrogen) atoms. The Morgan fingerprint density at radius 2 is 2.05 bits per heavy atom. The van der Waals surface area contributed by atoms with Crippen LogP contribution in [-0.4, -0.2) is 26.2 Å². The van der Waals surface area contributed by atoms with Crippen molar-refractivity contribution in [3.63, 3.8) is 0 Å². The van der Waals surface area contributed by atoms with E-state index in [-0.39, 0.29) is 24.0 Å². The first-order chi connectivity index (χ1) is 9.72. The minimum Gasteiger partial charge on any atom is -0.496 e. The number of aliphatic imine (C=N–C) groups is 1. The molecule has 0 heterocycles. The molecule has 2 N–H and O–H groups in total. The van der Waals surface area contributed by atoms with Gasteiger partial charge in [-0.1, -0.05) is 25.0 Å². The van der Waals surface area contributed by atoms with Crippen molar-refractivity contribution >= 4 is 29.9 Å². The molecule has 1 fully saturated rings. The van der Waals surface area contributed by atoms with Crippen molar-refractivity contribution in [1.82, 2.24) is 10.6 Å². The van der Waals surface area contributed by atoms with Crippen molar-refractivity contribution in [3.05, 3.63) is 29.3 Å². The fraction of sp³-hybridized carbons (Fsp3) is 0.562. The van der Waals surface area contributed by atoms with Crippen LogP contribution in [0, 0.1) is 6.92 Å². The largest absolute Gasteiger partial charge is 0.496 e. The van der Waals surface area contributed by atoms with E-state index in [0.29, 0.717) is 6.04 Å². The monoisotopic (exact) mass is 403 g/mol. The highest BCUT2D eigenvalue weighted by molar-refractivity contribution is 14.0. The summed E-state index contributed by atoms with van der Waals surface area (Å²) in [7, 11) is 3.53. The Bertz CT molecular complexity index is 471. The second kappa shape index (κ2) is 9.12. The van der Waals surface area contributed by atoms with Crippen molar-refractivity contribution in [3.8, 4) is 5.75 Å². The SMILES string of the molecule is CN=C(NCc1ccc(C)c(OC)c1)NC1CCCC1.I. The molecular formula is C16H26IN3O. The molecule has 0 aromatic heterocycles.